The first-order valence-electron chi connectivity index (χ1n) is 7.82. The number of hydrogen-bond acceptors (Lipinski definition) is 3. The molecule has 0 radical (unpaired) electrons. The van der Waals surface area contributed by atoms with E-state index in [0.717, 1.165) is 32.2 Å². The second-order valence-electron chi connectivity index (χ2n) is 5.85. The molecule has 1 aliphatic carbocycles. The van der Waals surface area contributed by atoms with Gasteiger partial charge in [0.05, 0.1) is 18.8 Å². The summed E-state index contributed by atoms with van der Waals surface area (Å²) in [6.07, 6.45) is 9.86. The molecular weight excluding hydrogens is 226 g/mol. The fraction of sp³-hybridized carbons (Fsp3) is 1.00. The summed E-state index contributed by atoms with van der Waals surface area (Å²) in [4.78, 5) is 0. The first-order valence-corrected chi connectivity index (χ1v) is 7.82. The van der Waals surface area contributed by atoms with Crippen molar-refractivity contribution in [3.05, 3.63) is 0 Å². The fourth-order valence-corrected chi connectivity index (χ4v) is 3.04. The molecule has 2 aliphatic rings. The summed E-state index contributed by atoms with van der Waals surface area (Å²) in [6, 6.07) is 0. The van der Waals surface area contributed by atoms with Crippen LogP contribution in [0.2, 0.25) is 0 Å². The van der Waals surface area contributed by atoms with E-state index in [1.165, 1.54) is 44.9 Å². The summed E-state index contributed by atoms with van der Waals surface area (Å²) in [7, 11) is 0. The monoisotopic (exact) mass is 255 g/mol. The van der Waals surface area contributed by atoms with Gasteiger partial charge in [0.25, 0.3) is 0 Å². The van der Waals surface area contributed by atoms with Crippen molar-refractivity contribution in [1.29, 1.82) is 0 Å². The van der Waals surface area contributed by atoms with E-state index in [9.17, 15) is 0 Å². The number of nitrogens with one attached hydrogen (secondary N) is 1. The van der Waals surface area contributed by atoms with Gasteiger partial charge in [0.15, 0.2) is 0 Å². The van der Waals surface area contributed by atoms with E-state index in [1.807, 2.05) is 0 Å². The molecule has 106 valence electrons. The average molecular weight is 255 g/mol. The van der Waals surface area contributed by atoms with Crippen LogP contribution in [0.15, 0.2) is 0 Å². The Morgan fingerprint density at radius 3 is 2.61 bits per heavy atom. The lowest BCUT2D eigenvalue weighted by atomic mass is 10.1. The molecule has 0 aromatic heterocycles. The highest BCUT2D eigenvalue weighted by Gasteiger charge is 2.25. The van der Waals surface area contributed by atoms with Crippen molar-refractivity contribution in [3.63, 3.8) is 0 Å². The number of ether oxygens (including phenoxy) is 2. The summed E-state index contributed by atoms with van der Waals surface area (Å²) in [5, 5.41) is 3.43. The summed E-state index contributed by atoms with van der Waals surface area (Å²) in [6.45, 7) is 6.07. The van der Waals surface area contributed by atoms with Crippen LogP contribution >= 0.6 is 0 Å². The molecule has 0 bridgehead atoms. The van der Waals surface area contributed by atoms with Crippen molar-refractivity contribution < 1.29 is 9.47 Å². The maximum atomic E-state index is 5.99. The van der Waals surface area contributed by atoms with Gasteiger partial charge in [-0.05, 0) is 44.6 Å². The quantitative estimate of drug-likeness (QED) is 0.677. The maximum Gasteiger partial charge on any atom is 0.0813 e. The van der Waals surface area contributed by atoms with Crippen molar-refractivity contribution in [3.8, 4) is 0 Å². The Morgan fingerprint density at radius 1 is 1.06 bits per heavy atom. The van der Waals surface area contributed by atoms with E-state index in [4.69, 9.17) is 9.47 Å². The van der Waals surface area contributed by atoms with Crippen molar-refractivity contribution in [2.75, 3.05) is 26.3 Å². The molecule has 2 fully saturated rings. The molecule has 0 amide bonds. The van der Waals surface area contributed by atoms with E-state index in [0.29, 0.717) is 12.2 Å². The first-order chi connectivity index (χ1) is 8.88. The van der Waals surface area contributed by atoms with E-state index < -0.39 is 0 Å². The highest BCUT2D eigenvalue weighted by atomic mass is 16.5. The lowest BCUT2D eigenvalue weighted by Crippen LogP contribution is -2.28. The van der Waals surface area contributed by atoms with Crippen molar-refractivity contribution in [1.82, 2.24) is 5.32 Å². The second-order valence-corrected chi connectivity index (χ2v) is 5.85. The third-order valence-electron chi connectivity index (χ3n) is 4.13. The zero-order chi connectivity index (χ0) is 12.6. The van der Waals surface area contributed by atoms with Gasteiger partial charge in [0.2, 0.25) is 0 Å². The van der Waals surface area contributed by atoms with Gasteiger partial charge in [-0.15, -0.1) is 0 Å². The normalized spacial score (nSPS) is 29.2. The van der Waals surface area contributed by atoms with Gasteiger partial charge in [0, 0.05) is 13.2 Å². The predicted octanol–water partition coefficient (Wildman–Crippen LogP) is 2.74. The van der Waals surface area contributed by atoms with Crippen LogP contribution in [-0.4, -0.2) is 38.5 Å². The van der Waals surface area contributed by atoms with Crippen molar-refractivity contribution in [2.45, 2.75) is 64.1 Å². The molecule has 1 saturated carbocycles. The third kappa shape index (κ3) is 4.87. The fourth-order valence-electron chi connectivity index (χ4n) is 3.04. The van der Waals surface area contributed by atoms with Crippen molar-refractivity contribution in [2.24, 2.45) is 5.92 Å². The Morgan fingerprint density at radius 2 is 1.83 bits per heavy atom. The molecule has 1 heterocycles. The maximum absolute atomic E-state index is 5.99. The lowest BCUT2D eigenvalue weighted by Gasteiger charge is -2.16. The Kier molecular flexibility index (Phi) is 6.46. The highest BCUT2D eigenvalue weighted by Crippen LogP contribution is 2.25. The van der Waals surface area contributed by atoms with E-state index in [1.54, 1.807) is 0 Å². The molecule has 0 spiro atoms. The molecule has 0 aromatic carbocycles. The lowest BCUT2D eigenvalue weighted by molar-refractivity contribution is -0.0215. The molecular formula is C15H29NO2. The Labute approximate surface area is 112 Å². The van der Waals surface area contributed by atoms with Crippen LogP contribution in [0, 0.1) is 5.92 Å². The Balaban J connectivity index is 1.49. The minimum atomic E-state index is 0.347. The van der Waals surface area contributed by atoms with Gasteiger partial charge < -0.3 is 14.8 Å². The Hall–Kier alpha value is -0.120. The number of rotatable bonds is 8. The second kappa shape index (κ2) is 8.13. The SMILES string of the molecule is CCCNCC1CCC(COCC2CCCC2)O1. The molecule has 3 nitrogen and oxygen atoms in total. The van der Waals surface area contributed by atoms with Crippen LogP contribution < -0.4 is 5.32 Å². The van der Waals surface area contributed by atoms with E-state index in [2.05, 4.69) is 12.2 Å². The van der Waals surface area contributed by atoms with Gasteiger partial charge in [-0.1, -0.05) is 19.8 Å². The molecule has 2 unspecified atom stereocenters. The van der Waals surface area contributed by atoms with Crippen LogP contribution in [0.1, 0.15) is 51.9 Å². The third-order valence-corrected chi connectivity index (χ3v) is 4.13. The van der Waals surface area contributed by atoms with Crippen LogP contribution in [0.3, 0.4) is 0 Å². The molecule has 0 aromatic rings. The van der Waals surface area contributed by atoms with E-state index >= 15 is 0 Å². The van der Waals surface area contributed by atoms with E-state index in [-0.39, 0.29) is 0 Å². The minimum absolute atomic E-state index is 0.347. The van der Waals surface area contributed by atoms with Crippen LogP contribution in [0.5, 0.6) is 0 Å². The molecule has 1 aliphatic heterocycles. The van der Waals surface area contributed by atoms with Crippen LogP contribution in [0.4, 0.5) is 0 Å². The Bertz CT molecular complexity index is 217. The van der Waals surface area contributed by atoms with Gasteiger partial charge in [-0.25, -0.2) is 0 Å². The average Bonchev–Trinajstić information content (AvgIpc) is 3.01. The summed E-state index contributed by atoms with van der Waals surface area (Å²) < 4.78 is 11.8. The number of hydrogen-bond donors (Lipinski definition) is 1. The molecule has 2 rings (SSSR count). The first kappa shape index (κ1) is 14.3. The molecule has 1 saturated heterocycles. The molecule has 3 heteroatoms. The van der Waals surface area contributed by atoms with Crippen LogP contribution in [0.25, 0.3) is 0 Å². The van der Waals surface area contributed by atoms with Crippen LogP contribution in [-0.2, 0) is 9.47 Å². The van der Waals surface area contributed by atoms with Crippen molar-refractivity contribution >= 4 is 0 Å². The molecule has 18 heavy (non-hydrogen) atoms. The largest absolute Gasteiger partial charge is 0.378 e. The smallest absolute Gasteiger partial charge is 0.0813 e. The predicted molar refractivity (Wildman–Crippen MR) is 73.8 cm³/mol. The van der Waals surface area contributed by atoms with Gasteiger partial charge in [-0.3, -0.25) is 0 Å². The molecule has 1 N–H and O–H groups in total. The zero-order valence-electron chi connectivity index (χ0n) is 11.8. The summed E-state index contributed by atoms with van der Waals surface area (Å²) in [5.74, 6) is 0.827. The summed E-state index contributed by atoms with van der Waals surface area (Å²) >= 11 is 0. The van der Waals surface area contributed by atoms with Gasteiger partial charge >= 0.3 is 0 Å². The zero-order valence-corrected chi connectivity index (χ0v) is 11.8. The topological polar surface area (TPSA) is 30.5 Å². The summed E-state index contributed by atoms with van der Waals surface area (Å²) in [5.41, 5.74) is 0. The minimum Gasteiger partial charge on any atom is -0.378 e. The van der Waals surface area contributed by atoms with Gasteiger partial charge in [-0.2, -0.15) is 0 Å². The standard InChI is InChI=1S/C15H29NO2/c1-2-9-16-10-14-7-8-15(18-14)12-17-11-13-5-3-4-6-13/h13-16H,2-12H2,1H3. The van der Waals surface area contributed by atoms with Gasteiger partial charge in [0.1, 0.15) is 0 Å². The molecule has 2 atom stereocenters. The highest BCUT2D eigenvalue weighted by molar-refractivity contribution is 4.75.